The Morgan fingerprint density at radius 2 is 2.15 bits per heavy atom. The summed E-state index contributed by atoms with van der Waals surface area (Å²) in [4.78, 5) is 9.11. The third-order valence-electron chi connectivity index (χ3n) is 5.43. The van der Waals surface area contributed by atoms with E-state index in [9.17, 15) is 5.11 Å². The van der Waals surface area contributed by atoms with Crippen LogP contribution in [-0.2, 0) is 6.54 Å². The number of aliphatic hydroxyl groups excluding tert-OH is 1. The van der Waals surface area contributed by atoms with Gasteiger partial charge in [-0.05, 0) is 52.7 Å². The summed E-state index contributed by atoms with van der Waals surface area (Å²) in [5.41, 5.74) is 3.04. The minimum absolute atomic E-state index is 0.242. The van der Waals surface area contributed by atoms with Gasteiger partial charge in [-0.15, -0.1) is 0 Å². The Kier molecular flexibility index (Phi) is 5.69. The molecule has 0 aromatic carbocycles. The van der Waals surface area contributed by atoms with E-state index < -0.39 is 0 Å². The minimum Gasteiger partial charge on any atom is -0.396 e. The van der Waals surface area contributed by atoms with Crippen molar-refractivity contribution in [2.24, 2.45) is 5.92 Å². The van der Waals surface area contributed by atoms with Gasteiger partial charge in [-0.1, -0.05) is 18.9 Å². The van der Waals surface area contributed by atoms with Crippen molar-refractivity contribution in [3.8, 4) is 0 Å². The van der Waals surface area contributed by atoms with Gasteiger partial charge in [-0.3, -0.25) is 4.98 Å². The molecule has 1 aliphatic rings. The van der Waals surface area contributed by atoms with Crippen molar-refractivity contribution < 1.29 is 5.11 Å². The SMILES string of the molecule is OCCC1CCCCC1c1cc(NCc2cccnc2)n2ncc(Br)c2n1. The molecule has 0 amide bonds. The Morgan fingerprint density at radius 1 is 1.26 bits per heavy atom. The van der Waals surface area contributed by atoms with Crippen molar-refractivity contribution in [3.63, 3.8) is 0 Å². The van der Waals surface area contributed by atoms with Crippen molar-refractivity contribution >= 4 is 27.4 Å². The maximum absolute atomic E-state index is 9.47. The molecule has 0 bridgehead atoms. The molecule has 7 heteroatoms. The molecule has 3 aromatic heterocycles. The standard InChI is InChI=1S/C20H24BrN5O/c21-17-13-24-26-19(23-12-14-4-3-8-22-11-14)10-18(25-20(17)26)16-6-2-1-5-15(16)7-9-27/h3-4,8,10-11,13,15-16,23,27H,1-2,5-7,9,12H2. The zero-order valence-electron chi connectivity index (χ0n) is 15.2. The summed E-state index contributed by atoms with van der Waals surface area (Å²) in [5, 5.41) is 17.4. The van der Waals surface area contributed by atoms with Crippen LogP contribution in [0.4, 0.5) is 5.82 Å². The molecule has 1 aliphatic carbocycles. The maximum Gasteiger partial charge on any atom is 0.171 e. The Balaban J connectivity index is 1.68. The second-order valence-electron chi connectivity index (χ2n) is 7.17. The van der Waals surface area contributed by atoms with Gasteiger partial charge >= 0.3 is 0 Å². The van der Waals surface area contributed by atoms with Crippen LogP contribution in [0.3, 0.4) is 0 Å². The summed E-state index contributed by atoms with van der Waals surface area (Å²) in [6, 6.07) is 6.12. The van der Waals surface area contributed by atoms with Crippen molar-refractivity contribution in [1.82, 2.24) is 19.6 Å². The van der Waals surface area contributed by atoms with Crippen LogP contribution in [0.5, 0.6) is 0 Å². The number of nitrogens with one attached hydrogen (secondary N) is 1. The van der Waals surface area contributed by atoms with E-state index in [1.165, 1.54) is 12.8 Å². The van der Waals surface area contributed by atoms with Gasteiger partial charge in [-0.2, -0.15) is 9.61 Å². The van der Waals surface area contributed by atoms with Gasteiger partial charge in [0.1, 0.15) is 5.82 Å². The van der Waals surface area contributed by atoms with E-state index in [0.717, 1.165) is 46.5 Å². The van der Waals surface area contributed by atoms with E-state index in [-0.39, 0.29) is 6.61 Å². The number of fused-ring (bicyclic) bond motifs is 1. The van der Waals surface area contributed by atoms with Crippen molar-refractivity contribution in [3.05, 3.63) is 52.5 Å². The number of pyridine rings is 1. The number of hydrogen-bond acceptors (Lipinski definition) is 5. The summed E-state index contributed by atoms with van der Waals surface area (Å²) >= 11 is 3.58. The van der Waals surface area contributed by atoms with Crippen molar-refractivity contribution in [2.45, 2.75) is 44.6 Å². The Morgan fingerprint density at radius 3 is 2.96 bits per heavy atom. The molecule has 0 aliphatic heterocycles. The molecule has 0 spiro atoms. The molecule has 2 atom stereocenters. The molecule has 6 nitrogen and oxygen atoms in total. The highest BCUT2D eigenvalue weighted by atomic mass is 79.9. The second kappa shape index (κ2) is 8.35. The predicted octanol–water partition coefficient (Wildman–Crippen LogP) is 4.16. The molecule has 4 rings (SSSR count). The number of hydrogen-bond donors (Lipinski definition) is 2. The molecule has 27 heavy (non-hydrogen) atoms. The first-order valence-electron chi connectivity index (χ1n) is 9.54. The van der Waals surface area contributed by atoms with E-state index in [0.29, 0.717) is 18.4 Å². The zero-order chi connectivity index (χ0) is 18.6. The highest BCUT2D eigenvalue weighted by Gasteiger charge is 2.28. The lowest BCUT2D eigenvalue weighted by Crippen LogP contribution is -2.21. The number of rotatable bonds is 6. The quantitative estimate of drug-likeness (QED) is 0.615. The fraction of sp³-hybridized carbons (Fsp3) is 0.450. The Hall–Kier alpha value is -1.99. The highest BCUT2D eigenvalue weighted by Crippen LogP contribution is 2.40. The lowest BCUT2D eigenvalue weighted by atomic mass is 9.76. The average molecular weight is 430 g/mol. The van der Waals surface area contributed by atoms with E-state index in [4.69, 9.17) is 4.98 Å². The molecular formula is C20H24BrN5O. The van der Waals surface area contributed by atoms with E-state index in [1.54, 1.807) is 12.4 Å². The second-order valence-corrected chi connectivity index (χ2v) is 8.03. The topological polar surface area (TPSA) is 75.3 Å². The van der Waals surface area contributed by atoms with Gasteiger partial charge in [0, 0.05) is 43.2 Å². The monoisotopic (exact) mass is 429 g/mol. The zero-order valence-corrected chi connectivity index (χ0v) is 16.8. The molecular weight excluding hydrogens is 406 g/mol. The largest absolute Gasteiger partial charge is 0.396 e. The fourth-order valence-corrected chi connectivity index (χ4v) is 4.42. The molecule has 3 heterocycles. The van der Waals surface area contributed by atoms with Gasteiger partial charge in [0.2, 0.25) is 0 Å². The van der Waals surface area contributed by atoms with Crippen LogP contribution >= 0.6 is 15.9 Å². The van der Waals surface area contributed by atoms with Crippen LogP contribution in [0.15, 0.2) is 41.3 Å². The maximum atomic E-state index is 9.47. The van der Waals surface area contributed by atoms with Crippen LogP contribution in [0, 0.1) is 5.92 Å². The number of aromatic nitrogens is 4. The minimum atomic E-state index is 0.242. The molecule has 2 N–H and O–H groups in total. The third kappa shape index (κ3) is 3.99. The fourth-order valence-electron chi connectivity index (χ4n) is 4.07. The number of anilines is 1. The van der Waals surface area contributed by atoms with Gasteiger partial charge in [-0.25, -0.2) is 4.98 Å². The van der Waals surface area contributed by atoms with Crippen LogP contribution in [0.1, 0.15) is 49.3 Å². The molecule has 1 fully saturated rings. The molecule has 142 valence electrons. The van der Waals surface area contributed by atoms with Gasteiger partial charge in [0.25, 0.3) is 0 Å². The molecule has 3 aromatic rings. The average Bonchev–Trinajstić information content (AvgIpc) is 3.09. The first kappa shape index (κ1) is 18.4. The third-order valence-corrected chi connectivity index (χ3v) is 5.99. The van der Waals surface area contributed by atoms with Crippen molar-refractivity contribution in [1.29, 1.82) is 0 Å². The summed E-state index contributed by atoms with van der Waals surface area (Å²) < 4.78 is 2.73. The molecule has 0 saturated heterocycles. The van der Waals surface area contributed by atoms with Gasteiger partial charge in [0.15, 0.2) is 5.65 Å². The van der Waals surface area contributed by atoms with Crippen LogP contribution in [0.25, 0.3) is 5.65 Å². The molecule has 2 unspecified atom stereocenters. The number of halogens is 1. The van der Waals surface area contributed by atoms with E-state index in [1.807, 2.05) is 16.8 Å². The van der Waals surface area contributed by atoms with Crippen LogP contribution in [-0.4, -0.2) is 31.3 Å². The van der Waals surface area contributed by atoms with E-state index >= 15 is 0 Å². The summed E-state index contributed by atoms with van der Waals surface area (Å²) in [5.74, 6) is 1.81. The Bertz CT molecular complexity index is 896. The Labute approximate surface area is 167 Å². The highest BCUT2D eigenvalue weighted by molar-refractivity contribution is 9.10. The summed E-state index contributed by atoms with van der Waals surface area (Å²) in [6.45, 7) is 0.917. The van der Waals surface area contributed by atoms with Crippen LogP contribution < -0.4 is 5.32 Å². The lowest BCUT2D eigenvalue weighted by Gasteiger charge is -2.31. The van der Waals surface area contributed by atoms with Crippen molar-refractivity contribution in [2.75, 3.05) is 11.9 Å². The molecule has 1 saturated carbocycles. The normalized spacial score (nSPS) is 20.1. The first-order valence-corrected chi connectivity index (χ1v) is 10.3. The van der Waals surface area contributed by atoms with Gasteiger partial charge in [0.05, 0.1) is 10.7 Å². The predicted molar refractivity (Wildman–Crippen MR) is 109 cm³/mol. The first-order chi connectivity index (χ1) is 13.3. The molecule has 0 radical (unpaired) electrons. The summed E-state index contributed by atoms with van der Waals surface area (Å²) in [6.07, 6.45) is 11.0. The number of nitrogens with zero attached hydrogens (tertiary/aromatic N) is 4. The lowest BCUT2D eigenvalue weighted by molar-refractivity contribution is 0.210. The van der Waals surface area contributed by atoms with Gasteiger partial charge < -0.3 is 10.4 Å². The smallest absolute Gasteiger partial charge is 0.171 e. The summed E-state index contributed by atoms with van der Waals surface area (Å²) in [7, 11) is 0. The number of aliphatic hydroxyl groups is 1. The van der Waals surface area contributed by atoms with Crippen LogP contribution in [0.2, 0.25) is 0 Å². The van der Waals surface area contributed by atoms with E-state index in [2.05, 4.69) is 43.5 Å².